The second kappa shape index (κ2) is 8.45. The molecule has 30 heavy (non-hydrogen) atoms. The number of hydrogen-bond acceptors (Lipinski definition) is 7. The number of benzene rings is 1. The Morgan fingerprint density at radius 2 is 1.63 bits per heavy atom. The van der Waals surface area contributed by atoms with Crippen molar-refractivity contribution >= 4 is 16.9 Å². The third kappa shape index (κ3) is 3.84. The molecule has 1 aromatic carbocycles. The average molecular weight is 397 g/mol. The smallest absolute Gasteiger partial charge is 0.223 e. The van der Waals surface area contributed by atoms with Crippen LogP contribution in [0.4, 0.5) is 5.95 Å². The third-order valence-electron chi connectivity index (χ3n) is 4.45. The lowest BCUT2D eigenvalue weighted by Gasteiger charge is -2.12. The second-order valence-corrected chi connectivity index (χ2v) is 6.32. The monoisotopic (exact) mass is 397 g/mol. The molecule has 0 saturated carbocycles. The first-order valence-electron chi connectivity index (χ1n) is 9.21. The van der Waals surface area contributed by atoms with Gasteiger partial charge in [-0.3, -0.25) is 9.97 Å². The van der Waals surface area contributed by atoms with Gasteiger partial charge in [0, 0.05) is 60.0 Å². The number of rotatable bonds is 4. The lowest BCUT2D eigenvalue weighted by Crippen LogP contribution is -2.01. The highest BCUT2D eigenvalue weighted by Gasteiger charge is 2.14. The Labute approximate surface area is 174 Å². The molecule has 0 bridgehead atoms. The van der Waals surface area contributed by atoms with Gasteiger partial charge in [-0.2, -0.15) is 0 Å². The molecule has 7 heteroatoms. The fraction of sp³-hybridized carbons (Fsp3) is 0.130. The van der Waals surface area contributed by atoms with E-state index < -0.39 is 0 Å². The summed E-state index contributed by atoms with van der Waals surface area (Å²) in [6.45, 7) is 0. The van der Waals surface area contributed by atoms with Gasteiger partial charge in [-0.1, -0.05) is 11.8 Å². The Morgan fingerprint density at radius 3 is 2.37 bits per heavy atom. The third-order valence-corrected chi connectivity index (χ3v) is 4.45. The summed E-state index contributed by atoms with van der Waals surface area (Å²) in [5, 5.41) is 3.83. The minimum atomic E-state index is 0.497. The zero-order chi connectivity index (χ0) is 20.9. The van der Waals surface area contributed by atoms with E-state index in [2.05, 4.69) is 37.1 Å². The maximum Gasteiger partial charge on any atom is 0.223 e. The summed E-state index contributed by atoms with van der Waals surface area (Å²) < 4.78 is 10.9. The van der Waals surface area contributed by atoms with Crippen LogP contribution in [0.1, 0.15) is 11.1 Å². The maximum absolute atomic E-state index is 5.46. The van der Waals surface area contributed by atoms with Crippen LogP contribution >= 0.6 is 0 Å². The first-order chi connectivity index (χ1) is 14.7. The van der Waals surface area contributed by atoms with Gasteiger partial charge in [-0.25, -0.2) is 9.97 Å². The van der Waals surface area contributed by atoms with E-state index >= 15 is 0 Å². The van der Waals surface area contributed by atoms with Crippen molar-refractivity contribution in [2.24, 2.45) is 0 Å². The van der Waals surface area contributed by atoms with Crippen LogP contribution in [0.15, 0.2) is 55.1 Å². The van der Waals surface area contributed by atoms with Crippen molar-refractivity contribution in [2.75, 3.05) is 26.6 Å². The molecule has 148 valence electrons. The summed E-state index contributed by atoms with van der Waals surface area (Å²) in [6, 6.07) is 9.42. The highest BCUT2D eigenvalue weighted by atomic mass is 16.5. The Bertz CT molecular complexity index is 1260. The number of hydrogen-bond donors (Lipinski definition) is 1. The van der Waals surface area contributed by atoms with Gasteiger partial charge in [0.05, 0.1) is 25.4 Å². The van der Waals surface area contributed by atoms with Gasteiger partial charge in [-0.15, -0.1) is 0 Å². The highest BCUT2D eigenvalue weighted by Crippen LogP contribution is 2.36. The van der Waals surface area contributed by atoms with Crippen molar-refractivity contribution in [3.63, 3.8) is 0 Å². The largest absolute Gasteiger partial charge is 0.493 e. The zero-order valence-electron chi connectivity index (χ0n) is 16.8. The molecule has 0 saturated heterocycles. The molecule has 0 aliphatic rings. The molecule has 0 fully saturated rings. The summed E-state index contributed by atoms with van der Waals surface area (Å²) in [6.07, 6.45) is 6.92. The van der Waals surface area contributed by atoms with E-state index in [1.165, 1.54) is 0 Å². The number of fused-ring (bicyclic) bond motifs is 1. The van der Waals surface area contributed by atoms with Crippen molar-refractivity contribution in [3.05, 3.63) is 66.2 Å². The molecule has 0 spiro atoms. The number of nitrogens with zero attached hydrogens (tertiary/aromatic N) is 4. The fourth-order valence-corrected chi connectivity index (χ4v) is 3.01. The Kier molecular flexibility index (Phi) is 5.39. The van der Waals surface area contributed by atoms with Crippen LogP contribution in [0.2, 0.25) is 0 Å². The van der Waals surface area contributed by atoms with Crippen molar-refractivity contribution in [2.45, 2.75) is 0 Å². The molecule has 7 nitrogen and oxygen atoms in total. The predicted octanol–water partition coefficient (Wildman–Crippen LogP) is 3.55. The highest BCUT2D eigenvalue weighted by molar-refractivity contribution is 5.95. The summed E-state index contributed by atoms with van der Waals surface area (Å²) >= 11 is 0. The summed E-state index contributed by atoms with van der Waals surface area (Å²) in [7, 11) is 4.97. The van der Waals surface area contributed by atoms with Gasteiger partial charge in [0.1, 0.15) is 0 Å². The van der Waals surface area contributed by atoms with Crippen molar-refractivity contribution in [1.29, 1.82) is 0 Å². The van der Waals surface area contributed by atoms with Crippen molar-refractivity contribution in [3.8, 4) is 34.6 Å². The SMILES string of the molecule is CNc1nc(-c2cncc(C#Cc3cccnc3)c2)c2cc(OC)c(OC)cc2n1. The minimum absolute atomic E-state index is 0.497. The van der Waals surface area contributed by atoms with Gasteiger partial charge in [-0.05, 0) is 24.3 Å². The number of anilines is 1. The summed E-state index contributed by atoms with van der Waals surface area (Å²) in [5.41, 5.74) is 3.89. The van der Waals surface area contributed by atoms with E-state index in [9.17, 15) is 0 Å². The molecule has 3 heterocycles. The van der Waals surface area contributed by atoms with E-state index in [1.807, 2.05) is 30.3 Å². The van der Waals surface area contributed by atoms with Gasteiger partial charge in [0.15, 0.2) is 11.5 Å². The Balaban J connectivity index is 1.85. The van der Waals surface area contributed by atoms with Gasteiger partial charge in [0.2, 0.25) is 5.95 Å². The molecule has 0 unspecified atom stereocenters. The van der Waals surface area contributed by atoms with Crippen LogP contribution in [0.5, 0.6) is 11.5 Å². The summed E-state index contributed by atoms with van der Waals surface area (Å²) in [4.78, 5) is 17.7. The molecule has 0 aliphatic carbocycles. The number of ether oxygens (including phenoxy) is 2. The maximum atomic E-state index is 5.46. The van der Waals surface area contributed by atoms with E-state index in [0.29, 0.717) is 17.4 Å². The number of nitrogens with one attached hydrogen (secondary N) is 1. The van der Waals surface area contributed by atoms with Crippen LogP contribution in [-0.4, -0.2) is 41.2 Å². The average Bonchev–Trinajstić information content (AvgIpc) is 2.81. The first-order valence-corrected chi connectivity index (χ1v) is 9.21. The van der Waals surface area contributed by atoms with E-state index in [1.54, 1.807) is 46.1 Å². The van der Waals surface area contributed by atoms with Crippen LogP contribution in [0, 0.1) is 11.8 Å². The summed E-state index contributed by atoms with van der Waals surface area (Å²) in [5.74, 6) is 7.93. The minimum Gasteiger partial charge on any atom is -0.493 e. The van der Waals surface area contributed by atoms with Crippen LogP contribution in [0.3, 0.4) is 0 Å². The standard InChI is InChI=1S/C23H19N5O2/c1-24-23-27-19-11-21(30-3)20(29-2)10-18(19)22(28-23)17-9-16(13-26-14-17)7-6-15-5-4-8-25-12-15/h4-5,8-14H,1-3H3,(H,24,27,28). The number of pyridine rings is 2. The molecule has 0 atom stereocenters. The van der Waals surface area contributed by atoms with Gasteiger partial charge >= 0.3 is 0 Å². The molecule has 0 radical (unpaired) electrons. The van der Waals surface area contributed by atoms with Crippen LogP contribution in [0.25, 0.3) is 22.2 Å². The second-order valence-electron chi connectivity index (χ2n) is 6.32. The molecule has 4 aromatic rings. The van der Waals surface area contributed by atoms with Crippen LogP contribution in [-0.2, 0) is 0 Å². The van der Waals surface area contributed by atoms with Gasteiger partial charge < -0.3 is 14.8 Å². The quantitative estimate of drug-likeness (QED) is 0.527. The molecule has 0 aliphatic heterocycles. The topological polar surface area (TPSA) is 82.1 Å². The Hall–Kier alpha value is -4.18. The normalized spacial score (nSPS) is 10.2. The molecular formula is C23H19N5O2. The number of aromatic nitrogens is 4. The van der Waals surface area contributed by atoms with E-state index in [-0.39, 0.29) is 0 Å². The van der Waals surface area contributed by atoms with Crippen molar-refractivity contribution < 1.29 is 9.47 Å². The first kappa shape index (κ1) is 19.2. The lowest BCUT2D eigenvalue weighted by molar-refractivity contribution is 0.356. The number of methoxy groups -OCH3 is 2. The van der Waals surface area contributed by atoms with E-state index in [4.69, 9.17) is 9.47 Å². The van der Waals surface area contributed by atoms with E-state index in [0.717, 1.165) is 33.3 Å². The van der Waals surface area contributed by atoms with Gasteiger partial charge in [0.25, 0.3) is 0 Å². The van der Waals surface area contributed by atoms with Crippen molar-refractivity contribution in [1.82, 2.24) is 19.9 Å². The van der Waals surface area contributed by atoms with Crippen LogP contribution < -0.4 is 14.8 Å². The fourth-order valence-electron chi connectivity index (χ4n) is 3.01. The molecule has 0 amide bonds. The molecule has 4 rings (SSSR count). The predicted molar refractivity (Wildman–Crippen MR) is 116 cm³/mol. The zero-order valence-corrected chi connectivity index (χ0v) is 16.8. The molecule has 1 N–H and O–H groups in total. The Morgan fingerprint density at radius 1 is 0.867 bits per heavy atom. The molecular weight excluding hydrogens is 378 g/mol. The lowest BCUT2D eigenvalue weighted by atomic mass is 10.1. The molecule has 3 aromatic heterocycles.